The fraction of sp³-hybridized carbons (Fsp3) is 1.00. The summed E-state index contributed by atoms with van der Waals surface area (Å²) in [7, 11) is 2.29. The van der Waals surface area contributed by atoms with E-state index in [0.717, 1.165) is 24.4 Å². The van der Waals surface area contributed by atoms with E-state index in [0.29, 0.717) is 6.04 Å². The van der Waals surface area contributed by atoms with Gasteiger partial charge in [-0.1, -0.05) is 6.92 Å². The first kappa shape index (κ1) is 10.4. The van der Waals surface area contributed by atoms with Crippen molar-refractivity contribution in [1.29, 1.82) is 0 Å². The van der Waals surface area contributed by atoms with Crippen LogP contribution in [0.3, 0.4) is 0 Å². The normalized spacial score (nSPS) is 35.1. The van der Waals surface area contributed by atoms with Gasteiger partial charge in [0, 0.05) is 18.6 Å². The molecule has 2 heteroatoms. The van der Waals surface area contributed by atoms with Crippen molar-refractivity contribution in [2.75, 3.05) is 13.6 Å². The smallest absolute Gasteiger partial charge is 0.0246 e. The van der Waals surface area contributed by atoms with Crippen LogP contribution in [0.1, 0.15) is 39.0 Å². The standard InChI is InChI=1S/C12H24N2/c1-9-3-6-11(7-9)14(2)12(8-13)10-4-5-10/h9-12H,3-8,13H2,1-2H3. The van der Waals surface area contributed by atoms with Crippen molar-refractivity contribution >= 4 is 0 Å². The Morgan fingerprint density at radius 1 is 1.29 bits per heavy atom. The van der Waals surface area contributed by atoms with Crippen LogP contribution in [0.5, 0.6) is 0 Å². The lowest BCUT2D eigenvalue weighted by molar-refractivity contribution is 0.158. The Morgan fingerprint density at radius 2 is 2.00 bits per heavy atom. The van der Waals surface area contributed by atoms with E-state index in [4.69, 9.17) is 5.73 Å². The Balaban J connectivity index is 1.88. The highest BCUT2D eigenvalue weighted by Crippen LogP contribution is 2.37. The van der Waals surface area contributed by atoms with Crippen molar-refractivity contribution in [3.63, 3.8) is 0 Å². The fourth-order valence-electron chi connectivity index (χ4n) is 2.99. The van der Waals surface area contributed by atoms with Gasteiger partial charge in [0.1, 0.15) is 0 Å². The average Bonchev–Trinajstić information content (AvgIpc) is 2.90. The molecule has 0 aromatic heterocycles. The zero-order chi connectivity index (χ0) is 10.1. The molecule has 0 aromatic carbocycles. The summed E-state index contributed by atoms with van der Waals surface area (Å²) in [6.07, 6.45) is 7.01. The van der Waals surface area contributed by atoms with E-state index in [-0.39, 0.29) is 0 Å². The maximum absolute atomic E-state index is 5.88. The van der Waals surface area contributed by atoms with Gasteiger partial charge in [-0.25, -0.2) is 0 Å². The third-order valence-electron chi connectivity index (χ3n) is 4.17. The van der Waals surface area contributed by atoms with Crippen molar-refractivity contribution in [3.8, 4) is 0 Å². The molecular formula is C12H24N2. The van der Waals surface area contributed by atoms with Crippen molar-refractivity contribution in [2.45, 2.75) is 51.1 Å². The number of hydrogen-bond donors (Lipinski definition) is 1. The fourth-order valence-corrected chi connectivity index (χ4v) is 2.99. The van der Waals surface area contributed by atoms with Gasteiger partial charge < -0.3 is 5.73 Å². The summed E-state index contributed by atoms with van der Waals surface area (Å²) in [5.74, 6) is 1.85. The van der Waals surface area contributed by atoms with Crippen LogP contribution in [0.15, 0.2) is 0 Å². The van der Waals surface area contributed by atoms with E-state index in [1.807, 2.05) is 0 Å². The van der Waals surface area contributed by atoms with Crippen molar-refractivity contribution < 1.29 is 0 Å². The summed E-state index contributed by atoms with van der Waals surface area (Å²) in [5, 5.41) is 0. The predicted molar refractivity (Wildman–Crippen MR) is 60.1 cm³/mol. The molecule has 82 valence electrons. The summed E-state index contributed by atoms with van der Waals surface area (Å²) < 4.78 is 0. The molecule has 2 aliphatic carbocycles. The average molecular weight is 196 g/mol. The second kappa shape index (κ2) is 4.19. The third kappa shape index (κ3) is 2.12. The summed E-state index contributed by atoms with van der Waals surface area (Å²) >= 11 is 0. The minimum Gasteiger partial charge on any atom is -0.329 e. The van der Waals surface area contributed by atoms with E-state index in [9.17, 15) is 0 Å². The first-order valence-electron chi connectivity index (χ1n) is 6.14. The molecule has 0 amide bonds. The molecule has 3 atom stereocenters. The molecule has 14 heavy (non-hydrogen) atoms. The van der Waals surface area contributed by atoms with Gasteiger partial charge in [-0.2, -0.15) is 0 Å². The topological polar surface area (TPSA) is 29.3 Å². The summed E-state index contributed by atoms with van der Waals surface area (Å²) in [4.78, 5) is 2.58. The Morgan fingerprint density at radius 3 is 2.43 bits per heavy atom. The Bertz CT molecular complexity index is 189. The molecule has 2 rings (SSSR count). The van der Waals surface area contributed by atoms with Crippen LogP contribution in [0.4, 0.5) is 0 Å². The molecule has 0 aliphatic heterocycles. The maximum atomic E-state index is 5.88. The van der Waals surface area contributed by atoms with E-state index in [1.54, 1.807) is 0 Å². The molecule has 0 aromatic rings. The van der Waals surface area contributed by atoms with Gasteiger partial charge in [0.2, 0.25) is 0 Å². The van der Waals surface area contributed by atoms with Crippen LogP contribution in [-0.4, -0.2) is 30.6 Å². The maximum Gasteiger partial charge on any atom is 0.0246 e. The van der Waals surface area contributed by atoms with E-state index >= 15 is 0 Å². The Kier molecular flexibility index (Phi) is 3.13. The second-order valence-corrected chi connectivity index (χ2v) is 5.38. The van der Waals surface area contributed by atoms with E-state index in [1.165, 1.54) is 32.1 Å². The van der Waals surface area contributed by atoms with Crippen LogP contribution < -0.4 is 5.73 Å². The largest absolute Gasteiger partial charge is 0.329 e. The summed E-state index contributed by atoms with van der Waals surface area (Å²) in [6, 6.07) is 1.49. The zero-order valence-electron chi connectivity index (χ0n) is 9.58. The number of hydrogen-bond acceptors (Lipinski definition) is 2. The Labute approximate surface area is 87.8 Å². The van der Waals surface area contributed by atoms with Crippen LogP contribution in [0.25, 0.3) is 0 Å². The summed E-state index contributed by atoms with van der Waals surface area (Å²) in [6.45, 7) is 3.23. The van der Waals surface area contributed by atoms with Crippen LogP contribution in [0, 0.1) is 11.8 Å². The van der Waals surface area contributed by atoms with E-state index in [2.05, 4.69) is 18.9 Å². The zero-order valence-corrected chi connectivity index (χ0v) is 9.58. The second-order valence-electron chi connectivity index (χ2n) is 5.38. The van der Waals surface area contributed by atoms with Gasteiger partial charge in [-0.3, -0.25) is 4.90 Å². The molecule has 2 N–H and O–H groups in total. The minimum atomic E-state index is 0.672. The van der Waals surface area contributed by atoms with Crippen LogP contribution in [0.2, 0.25) is 0 Å². The van der Waals surface area contributed by atoms with Gasteiger partial charge >= 0.3 is 0 Å². The molecule has 0 radical (unpaired) electrons. The van der Waals surface area contributed by atoms with Gasteiger partial charge in [0.15, 0.2) is 0 Å². The Hall–Kier alpha value is -0.0800. The lowest BCUT2D eigenvalue weighted by atomic mass is 10.1. The number of likely N-dealkylation sites (N-methyl/N-ethyl adjacent to an activating group) is 1. The number of nitrogens with zero attached hydrogens (tertiary/aromatic N) is 1. The molecule has 3 unspecified atom stereocenters. The first-order chi connectivity index (χ1) is 6.72. The van der Waals surface area contributed by atoms with Crippen LogP contribution >= 0.6 is 0 Å². The highest BCUT2D eigenvalue weighted by atomic mass is 15.2. The monoisotopic (exact) mass is 196 g/mol. The van der Waals surface area contributed by atoms with Gasteiger partial charge in [-0.05, 0) is 51.0 Å². The lowest BCUT2D eigenvalue weighted by Crippen LogP contribution is -2.44. The SMILES string of the molecule is CC1CCC(N(C)C(CN)C2CC2)C1. The van der Waals surface area contributed by atoms with Gasteiger partial charge in [-0.15, -0.1) is 0 Å². The quantitative estimate of drug-likeness (QED) is 0.743. The molecule has 0 heterocycles. The highest BCUT2D eigenvalue weighted by molar-refractivity contribution is 4.92. The van der Waals surface area contributed by atoms with Crippen molar-refractivity contribution in [1.82, 2.24) is 4.90 Å². The molecule has 2 nitrogen and oxygen atoms in total. The van der Waals surface area contributed by atoms with Gasteiger partial charge in [0.25, 0.3) is 0 Å². The molecule has 2 fully saturated rings. The summed E-state index contributed by atoms with van der Waals surface area (Å²) in [5.41, 5.74) is 5.88. The molecule has 2 saturated carbocycles. The number of nitrogens with two attached hydrogens (primary N) is 1. The van der Waals surface area contributed by atoms with E-state index < -0.39 is 0 Å². The van der Waals surface area contributed by atoms with Crippen molar-refractivity contribution in [3.05, 3.63) is 0 Å². The minimum absolute atomic E-state index is 0.672. The predicted octanol–water partition coefficient (Wildman–Crippen LogP) is 1.84. The molecule has 0 saturated heterocycles. The van der Waals surface area contributed by atoms with Gasteiger partial charge in [0.05, 0.1) is 0 Å². The molecule has 2 aliphatic rings. The third-order valence-corrected chi connectivity index (χ3v) is 4.17. The van der Waals surface area contributed by atoms with Crippen LogP contribution in [-0.2, 0) is 0 Å². The highest BCUT2D eigenvalue weighted by Gasteiger charge is 2.36. The molecular weight excluding hydrogens is 172 g/mol. The first-order valence-corrected chi connectivity index (χ1v) is 6.14. The molecule has 0 spiro atoms. The lowest BCUT2D eigenvalue weighted by Gasteiger charge is -2.32. The number of rotatable bonds is 4. The molecule has 0 bridgehead atoms. The van der Waals surface area contributed by atoms with Crippen molar-refractivity contribution in [2.24, 2.45) is 17.6 Å².